The molecule has 0 radical (unpaired) electrons. The summed E-state index contributed by atoms with van der Waals surface area (Å²) >= 11 is 0. The van der Waals surface area contributed by atoms with Gasteiger partial charge < -0.3 is 5.32 Å². The number of nitrogens with one attached hydrogen (secondary N) is 1. The molecule has 5 heteroatoms. The highest BCUT2D eigenvalue weighted by atomic mass is 31.1. The first kappa shape index (κ1) is 8.98. The van der Waals surface area contributed by atoms with Crippen molar-refractivity contribution in [3.05, 3.63) is 0 Å². The third kappa shape index (κ3) is 5.86. The summed E-state index contributed by atoms with van der Waals surface area (Å²) in [6, 6.07) is 0. The van der Waals surface area contributed by atoms with Crippen LogP contribution in [-0.2, 0) is 13.6 Å². The Kier molecular flexibility index (Phi) is 6.09. The van der Waals surface area contributed by atoms with Gasteiger partial charge in [0.2, 0.25) is 0 Å². The molecule has 0 bridgehead atoms. The molecule has 0 aliphatic heterocycles. The van der Waals surface area contributed by atoms with Crippen LogP contribution in [0.5, 0.6) is 0 Å². The molecule has 0 saturated heterocycles. The van der Waals surface area contributed by atoms with Gasteiger partial charge in [-0.1, -0.05) is 0 Å². The number of hydrogen-bond acceptors (Lipinski definition) is 4. The summed E-state index contributed by atoms with van der Waals surface area (Å²) in [6.07, 6.45) is 0. The molecule has 0 amide bonds. The van der Waals surface area contributed by atoms with E-state index >= 15 is 0 Å². The van der Waals surface area contributed by atoms with Crippen molar-refractivity contribution in [2.75, 3.05) is 27.3 Å². The lowest BCUT2D eigenvalue weighted by Gasteiger charge is -1.88. The lowest BCUT2D eigenvalue weighted by molar-refractivity contribution is 0.258. The third-order valence-corrected chi connectivity index (χ3v) is 1.39. The van der Waals surface area contributed by atoms with E-state index in [1.54, 1.807) is 7.05 Å². The van der Waals surface area contributed by atoms with Crippen LogP contribution >= 0.6 is 8.25 Å². The Hall–Kier alpha value is -0.0200. The van der Waals surface area contributed by atoms with E-state index in [-0.39, 0.29) is 0 Å². The van der Waals surface area contributed by atoms with Crippen molar-refractivity contribution in [2.45, 2.75) is 0 Å². The fourth-order valence-electron chi connectivity index (χ4n) is 0.275. The Balaban J connectivity index is 2.97. The first-order chi connectivity index (χ1) is 4.31. The molecule has 1 N–H and O–H groups in total. The quantitative estimate of drug-likeness (QED) is 0.461. The molecule has 0 heterocycles. The smallest absolute Gasteiger partial charge is 0.317 e. The highest BCUT2D eigenvalue weighted by molar-refractivity contribution is 7.33. The van der Waals surface area contributed by atoms with Gasteiger partial charge in [0.15, 0.2) is 0 Å². The van der Waals surface area contributed by atoms with Gasteiger partial charge in [-0.2, -0.15) is 0 Å². The molecular formula is C4H11NO3P+. The van der Waals surface area contributed by atoms with Crippen molar-refractivity contribution >= 4 is 8.25 Å². The van der Waals surface area contributed by atoms with Gasteiger partial charge in [-0.25, -0.2) is 0 Å². The minimum atomic E-state index is -1.88. The van der Waals surface area contributed by atoms with Gasteiger partial charge in [-0.05, 0) is 7.05 Å². The maximum atomic E-state index is 10.4. The van der Waals surface area contributed by atoms with Crippen LogP contribution in [0.4, 0.5) is 0 Å². The Bertz CT molecular complexity index is 87.9. The van der Waals surface area contributed by atoms with Crippen molar-refractivity contribution in [3.8, 4) is 0 Å². The molecular weight excluding hydrogens is 141 g/mol. The second-order valence-electron chi connectivity index (χ2n) is 1.34. The molecule has 0 aliphatic carbocycles. The Labute approximate surface area is 55.5 Å². The van der Waals surface area contributed by atoms with E-state index in [4.69, 9.17) is 0 Å². The molecule has 0 spiro atoms. The zero-order chi connectivity index (χ0) is 7.11. The maximum absolute atomic E-state index is 10.4. The van der Waals surface area contributed by atoms with E-state index in [1.807, 2.05) is 0 Å². The lowest BCUT2D eigenvalue weighted by atomic mass is 10.7. The van der Waals surface area contributed by atoms with Gasteiger partial charge in [-0.3, -0.25) is 0 Å². The minimum Gasteiger partial charge on any atom is -0.317 e. The van der Waals surface area contributed by atoms with Crippen molar-refractivity contribution in [3.63, 3.8) is 0 Å². The van der Waals surface area contributed by atoms with Crippen LogP contribution in [0.1, 0.15) is 0 Å². The average molecular weight is 152 g/mol. The SMILES string of the molecule is CNCCO[P+](=O)OC. The molecule has 0 aromatic heterocycles. The topological polar surface area (TPSA) is 47.6 Å². The largest absolute Gasteiger partial charge is 0.697 e. The van der Waals surface area contributed by atoms with Crippen molar-refractivity contribution < 1.29 is 13.6 Å². The molecule has 9 heavy (non-hydrogen) atoms. The normalized spacial score (nSPS) is 11.6. The van der Waals surface area contributed by atoms with Crippen LogP contribution in [0.15, 0.2) is 0 Å². The molecule has 0 rings (SSSR count). The summed E-state index contributed by atoms with van der Waals surface area (Å²) in [4.78, 5) is 0. The van der Waals surface area contributed by atoms with Crippen LogP contribution < -0.4 is 5.32 Å². The predicted octanol–water partition coefficient (Wildman–Crippen LogP) is 0.526. The molecule has 0 saturated carbocycles. The summed E-state index contributed by atoms with van der Waals surface area (Å²) in [6.45, 7) is 1.10. The Morgan fingerprint density at radius 3 is 2.78 bits per heavy atom. The van der Waals surface area contributed by atoms with E-state index in [0.717, 1.165) is 0 Å². The fourth-order valence-corrected chi connectivity index (χ4v) is 0.621. The Morgan fingerprint density at radius 2 is 2.33 bits per heavy atom. The van der Waals surface area contributed by atoms with Gasteiger partial charge in [0.1, 0.15) is 6.61 Å². The summed E-state index contributed by atoms with van der Waals surface area (Å²) in [7, 11) is 1.26. The summed E-state index contributed by atoms with van der Waals surface area (Å²) in [5.41, 5.74) is 0. The first-order valence-corrected chi connectivity index (χ1v) is 3.69. The number of likely N-dealkylation sites (N-methyl/N-ethyl adjacent to an activating group) is 1. The zero-order valence-corrected chi connectivity index (χ0v) is 6.48. The van der Waals surface area contributed by atoms with Crippen LogP contribution in [-0.4, -0.2) is 27.3 Å². The second-order valence-corrected chi connectivity index (χ2v) is 2.41. The van der Waals surface area contributed by atoms with Crippen molar-refractivity contribution in [1.29, 1.82) is 0 Å². The molecule has 4 nitrogen and oxygen atoms in total. The number of hydrogen-bond donors (Lipinski definition) is 1. The molecule has 0 aliphatic rings. The minimum absolute atomic E-state index is 0.416. The first-order valence-electron chi connectivity index (χ1n) is 2.60. The molecule has 54 valence electrons. The van der Waals surface area contributed by atoms with E-state index in [2.05, 4.69) is 14.4 Å². The van der Waals surface area contributed by atoms with Gasteiger partial charge in [0, 0.05) is 11.1 Å². The van der Waals surface area contributed by atoms with Crippen LogP contribution in [0.3, 0.4) is 0 Å². The standard InChI is InChI=1S/C4H11NO3P/c1-5-3-4-8-9(6)7-2/h5H,3-4H2,1-2H3/q+1. The molecule has 0 aromatic rings. The van der Waals surface area contributed by atoms with Gasteiger partial charge >= 0.3 is 8.25 Å². The summed E-state index contributed by atoms with van der Waals surface area (Å²) in [5.74, 6) is 0. The monoisotopic (exact) mass is 152 g/mol. The Morgan fingerprint density at radius 1 is 1.67 bits per heavy atom. The highest BCUT2D eigenvalue weighted by Crippen LogP contribution is 2.20. The van der Waals surface area contributed by atoms with E-state index in [1.165, 1.54) is 7.11 Å². The average Bonchev–Trinajstić information content (AvgIpc) is 1.89. The molecule has 0 aromatic carbocycles. The number of rotatable bonds is 5. The van der Waals surface area contributed by atoms with Gasteiger partial charge in [-0.15, -0.1) is 9.05 Å². The van der Waals surface area contributed by atoms with E-state index < -0.39 is 8.25 Å². The third-order valence-electron chi connectivity index (χ3n) is 0.698. The predicted molar refractivity (Wildman–Crippen MR) is 34.5 cm³/mol. The molecule has 1 atom stereocenters. The van der Waals surface area contributed by atoms with Crippen molar-refractivity contribution in [2.24, 2.45) is 0 Å². The van der Waals surface area contributed by atoms with Crippen LogP contribution in [0.2, 0.25) is 0 Å². The van der Waals surface area contributed by atoms with Crippen molar-refractivity contribution in [1.82, 2.24) is 5.32 Å². The summed E-state index contributed by atoms with van der Waals surface area (Å²) in [5, 5.41) is 2.84. The second kappa shape index (κ2) is 6.11. The fraction of sp³-hybridized carbons (Fsp3) is 1.00. The van der Waals surface area contributed by atoms with Gasteiger partial charge in [0.05, 0.1) is 7.11 Å². The molecule has 0 fully saturated rings. The maximum Gasteiger partial charge on any atom is 0.697 e. The van der Waals surface area contributed by atoms with Gasteiger partial charge in [0.25, 0.3) is 0 Å². The highest BCUT2D eigenvalue weighted by Gasteiger charge is 2.14. The van der Waals surface area contributed by atoms with E-state index in [0.29, 0.717) is 13.2 Å². The van der Waals surface area contributed by atoms with Crippen LogP contribution in [0.25, 0.3) is 0 Å². The molecule has 1 unspecified atom stereocenters. The summed E-state index contributed by atoms with van der Waals surface area (Å²) < 4.78 is 19.4. The zero-order valence-electron chi connectivity index (χ0n) is 5.59. The van der Waals surface area contributed by atoms with Crippen LogP contribution in [0, 0.1) is 0 Å². The lowest BCUT2D eigenvalue weighted by Crippen LogP contribution is -2.12. The van der Waals surface area contributed by atoms with E-state index in [9.17, 15) is 4.57 Å².